The second kappa shape index (κ2) is 7.06. The fourth-order valence-corrected chi connectivity index (χ4v) is 2.85. The number of hydrogen-bond acceptors (Lipinski definition) is 5. The standard InChI is InChI=1S/C18H22N4O3/c1-4-21(10-9-20(2)3)16(23)12-22-17-13-7-5-6-8-15(13)25-18(24)14(17)11-19-22/h5-8,11H,4,9-10,12H2,1-3H3. The maximum atomic E-state index is 12.7. The Morgan fingerprint density at radius 1 is 1.20 bits per heavy atom. The third-order valence-corrected chi connectivity index (χ3v) is 4.24. The molecule has 1 aromatic carbocycles. The molecule has 0 radical (unpaired) electrons. The van der Waals surface area contributed by atoms with Crippen LogP contribution in [0.2, 0.25) is 0 Å². The summed E-state index contributed by atoms with van der Waals surface area (Å²) in [4.78, 5) is 28.6. The number of nitrogens with zero attached hydrogens (tertiary/aromatic N) is 4. The van der Waals surface area contributed by atoms with Gasteiger partial charge in [0.2, 0.25) is 5.91 Å². The zero-order valence-electron chi connectivity index (χ0n) is 14.7. The lowest BCUT2D eigenvalue weighted by atomic mass is 10.2. The predicted molar refractivity (Wildman–Crippen MR) is 96.6 cm³/mol. The summed E-state index contributed by atoms with van der Waals surface area (Å²) in [6, 6.07) is 7.29. The van der Waals surface area contributed by atoms with E-state index in [4.69, 9.17) is 4.42 Å². The van der Waals surface area contributed by atoms with E-state index in [0.717, 1.165) is 11.9 Å². The molecule has 3 aromatic rings. The molecule has 7 nitrogen and oxygen atoms in total. The van der Waals surface area contributed by atoms with E-state index in [1.165, 1.54) is 6.20 Å². The Morgan fingerprint density at radius 2 is 1.96 bits per heavy atom. The molecule has 0 bridgehead atoms. The summed E-state index contributed by atoms with van der Waals surface area (Å²) in [6.07, 6.45) is 1.47. The lowest BCUT2D eigenvalue weighted by molar-refractivity contribution is -0.131. The summed E-state index contributed by atoms with van der Waals surface area (Å²) < 4.78 is 6.91. The maximum Gasteiger partial charge on any atom is 0.347 e. The Bertz CT molecular complexity index is 958. The molecule has 2 aromatic heterocycles. The lowest BCUT2D eigenvalue weighted by Gasteiger charge is -2.23. The highest BCUT2D eigenvalue weighted by atomic mass is 16.4. The molecule has 0 N–H and O–H groups in total. The number of likely N-dealkylation sites (N-methyl/N-ethyl adjacent to an activating group) is 2. The van der Waals surface area contributed by atoms with Crippen molar-refractivity contribution in [3.05, 3.63) is 40.9 Å². The molecule has 0 spiro atoms. The number of rotatable bonds is 6. The molecule has 0 aliphatic carbocycles. The smallest absolute Gasteiger partial charge is 0.347 e. The van der Waals surface area contributed by atoms with Crippen LogP contribution in [-0.2, 0) is 11.3 Å². The van der Waals surface area contributed by atoms with E-state index in [1.54, 1.807) is 15.6 Å². The summed E-state index contributed by atoms with van der Waals surface area (Å²) in [7, 11) is 3.95. The van der Waals surface area contributed by atoms with Gasteiger partial charge in [0.05, 0.1) is 11.7 Å². The molecule has 0 aliphatic rings. The molecule has 132 valence electrons. The van der Waals surface area contributed by atoms with Crippen molar-refractivity contribution in [3.8, 4) is 0 Å². The zero-order chi connectivity index (χ0) is 18.0. The fraction of sp³-hybridized carbons (Fsp3) is 0.389. The minimum absolute atomic E-state index is 0.0216. The van der Waals surface area contributed by atoms with Crippen molar-refractivity contribution in [1.82, 2.24) is 19.6 Å². The summed E-state index contributed by atoms with van der Waals surface area (Å²) in [6.45, 7) is 4.14. The van der Waals surface area contributed by atoms with Crippen LogP contribution in [-0.4, -0.2) is 59.2 Å². The lowest BCUT2D eigenvalue weighted by Crippen LogP contribution is -2.38. The van der Waals surface area contributed by atoms with Crippen molar-refractivity contribution in [1.29, 1.82) is 0 Å². The highest BCUT2D eigenvalue weighted by Crippen LogP contribution is 2.22. The average Bonchev–Trinajstić information content (AvgIpc) is 3.00. The molecule has 0 aliphatic heterocycles. The molecule has 3 rings (SSSR count). The molecule has 25 heavy (non-hydrogen) atoms. The second-order valence-corrected chi connectivity index (χ2v) is 6.23. The van der Waals surface area contributed by atoms with Crippen LogP contribution in [0.4, 0.5) is 0 Å². The van der Waals surface area contributed by atoms with Gasteiger partial charge in [-0.3, -0.25) is 9.48 Å². The van der Waals surface area contributed by atoms with Crippen LogP contribution < -0.4 is 5.63 Å². The molecule has 7 heteroatoms. The third-order valence-electron chi connectivity index (χ3n) is 4.24. The first-order valence-electron chi connectivity index (χ1n) is 8.31. The Morgan fingerprint density at radius 3 is 2.68 bits per heavy atom. The quantitative estimate of drug-likeness (QED) is 0.636. The van der Waals surface area contributed by atoms with Crippen molar-refractivity contribution in [3.63, 3.8) is 0 Å². The van der Waals surface area contributed by atoms with E-state index in [2.05, 4.69) is 5.10 Å². The van der Waals surface area contributed by atoms with Crippen molar-refractivity contribution in [2.75, 3.05) is 33.7 Å². The summed E-state index contributed by atoms with van der Waals surface area (Å²) in [5.74, 6) is -0.0216. The van der Waals surface area contributed by atoms with Gasteiger partial charge in [0.15, 0.2) is 0 Å². The van der Waals surface area contributed by atoms with Crippen LogP contribution in [0.5, 0.6) is 0 Å². The van der Waals surface area contributed by atoms with Crippen LogP contribution in [0.3, 0.4) is 0 Å². The van der Waals surface area contributed by atoms with Gasteiger partial charge in [-0.1, -0.05) is 12.1 Å². The zero-order valence-corrected chi connectivity index (χ0v) is 14.7. The van der Waals surface area contributed by atoms with Crippen LogP contribution >= 0.6 is 0 Å². The Kier molecular flexibility index (Phi) is 4.85. The molecule has 0 saturated heterocycles. The number of para-hydroxylation sites is 1. The van der Waals surface area contributed by atoms with Crippen molar-refractivity contribution in [2.24, 2.45) is 0 Å². The number of carbonyl (C=O) groups is 1. The summed E-state index contributed by atoms with van der Waals surface area (Å²) in [5, 5.41) is 5.43. The van der Waals surface area contributed by atoms with E-state index >= 15 is 0 Å². The van der Waals surface area contributed by atoms with Gasteiger partial charge >= 0.3 is 5.63 Å². The third kappa shape index (κ3) is 3.41. The largest absolute Gasteiger partial charge is 0.422 e. The molecule has 1 amide bonds. The Labute approximate surface area is 145 Å². The second-order valence-electron chi connectivity index (χ2n) is 6.23. The number of carbonyl (C=O) groups excluding carboxylic acids is 1. The molecular weight excluding hydrogens is 320 g/mol. The van der Waals surface area contributed by atoms with Gasteiger partial charge in [0.25, 0.3) is 0 Å². The number of fused-ring (bicyclic) bond motifs is 3. The van der Waals surface area contributed by atoms with Gasteiger partial charge in [-0.05, 0) is 33.2 Å². The number of aromatic nitrogens is 2. The van der Waals surface area contributed by atoms with Crippen LogP contribution in [0, 0.1) is 0 Å². The van der Waals surface area contributed by atoms with E-state index in [-0.39, 0.29) is 12.5 Å². The van der Waals surface area contributed by atoms with Gasteiger partial charge < -0.3 is 14.2 Å². The first-order chi connectivity index (χ1) is 12.0. The molecule has 0 unspecified atom stereocenters. The summed E-state index contributed by atoms with van der Waals surface area (Å²) >= 11 is 0. The SMILES string of the molecule is CCN(CCN(C)C)C(=O)Cn1ncc2c(=O)oc3ccccc3c21. The summed E-state index contributed by atoms with van der Waals surface area (Å²) in [5.41, 5.74) is 0.699. The predicted octanol–water partition coefficient (Wildman–Crippen LogP) is 1.55. The molecule has 0 fully saturated rings. The highest BCUT2D eigenvalue weighted by Gasteiger charge is 2.17. The van der Waals surface area contributed by atoms with Gasteiger partial charge in [-0.25, -0.2) is 4.79 Å². The Balaban J connectivity index is 1.96. The van der Waals surface area contributed by atoms with Gasteiger partial charge in [0, 0.05) is 25.0 Å². The molecular formula is C18H22N4O3. The van der Waals surface area contributed by atoms with Crippen molar-refractivity contribution >= 4 is 27.8 Å². The number of amides is 1. The van der Waals surface area contributed by atoms with Crippen LogP contribution in [0.15, 0.2) is 39.7 Å². The first kappa shape index (κ1) is 17.2. The van der Waals surface area contributed by atoms with Crippen LogP contribution in [0.25, 0.3) is 21.9 Å². The minimum Gasteiger partial charge on any atom is -0.422 e. The van der Waals surface area contributed by atoms with E-state index in [9.17, 15) is 9.59 Å². The molecule has 0 saturated carbocycles. The van der Waals surface area contributed by atoms with Crippen molar-refractivity contribution < 1.29 is 9.21 Å². The van der Waals surface area contributed by atoms with Gasteiger partial charge in [-0.15, -0.1) is 0 Å². The van der Waals surface area contributed by atoms with E-state index in [1.807, 2.05) is 44.1 Å². The van der Waals surface area contributed by atoms with Crippen LogP contribution in [0.1, 0.15) is 6.92 Å². The number of hydrogen-bond donors (Lipinski definition) is 0. The highest BCUT2D eigenvalue weighted by molar-refractivity contribution is 6.02. The maximum absolute atomic E-state index is 12.7. The van der Waals surface area contributed by atoms with E-state index in [0.29, 0.717) is 29.6 Å². The van der Waals surface area contributed by atoms with Gasteiger partial charge in [-0.2, -0.15) is 5.10 Å². The molecule has 2 heterocycles. The van der Waals surface area contributed by atoms with Crippen molar-refractivity contribution in [2.45, 2.75) is 13.5 Å². The average molecular weight is 342 g/mol. The minimum atomic E-state index is -0.438. The topological polar surface area (TPSA) is 71.6 Å². The van der Waals surface area contributed by atoms with Gasteiger partial charge in [0.1, 0.15) is 17.5 Å². The Hall–Kier alpha value is -2.67. The van der Waals surface area contributed by atoms with E-state index < -0.39 is 5.63 Å². The fourth-order valence-electron chi connectivity index (χ4n) is 2.85. The number of benzene rings is 1. The molecule has 0 atom stereocenters. The normalized spacial score (nSPS) is 11.5. The first-order valence-corrected chi connectivity index (χ1v) is 8.31. The monoisotopic (exact) mass is 342 g/mol.